The SMILES string of the molecule is COc1ccc(F)cc1C(C)(C)CC(Cc1ccnc2ccccc12)(N(C)C)C(F)(F)F. The maximum atomic E-state index is 14.9. The molecule has 1 aromatic heterocycles. The van der Waals surface area contributed by atoms with E-state index in [-0.39, 0.29) is 12.8 Å². The quantitative estimate of drug-likeness (QED) is 0.405. The maximum absolute atomic E-state index is 14.9. The normalized spacial score (nSPS) is 14.6. The fraction of sp³-hybridized carbons (Fsp3) is 0.400. The zero-order valence-electron chi connectivity index (χ0n) is 18.9. The van der Waals surface area contributed by atoms with E-state index in [9.17, 15) is 17.6 Å². The number of methoxy groups -OCH3 is 1. The predicted molar refractivity (Wildman–Crippen MR) is 119 cm³/mol. The highest BCUT2D eigenvalue weighted by atomic mass is 19.4. The summed E-state index contributed by atoms with van der Waals surface area (Å²) in [7, 11) is 4.31. The number of hydrogen-bond donors (Lipinski definition) is 0. The Morgan fingerprint density at radius 1 is 1.00 bits per heavy atom. The Labute approximate surface area is 186 Å². The molecule has 0 amide bonds. The Morgan fingerprint density at radius 3 is 2.31 bits per heavy atom. The van der Waals surface area contributed by atoms with Crippen molar-refractivity contribution in [2.24, 2.45) is 0 Å². The molecule has 3 nitrogen and oxygen atoms in total. The van der Waals surface area contributed by atoms with Crippen molar-refractivity contribution < 1.29 is 22.3 Å². The first-order valence-corrected chi connectivity index (χ1v) is 10.3. The van der Waals surface area contributed by atoms with Crippen LogP contribution in [0.2, 0.25) is 0 Å². The third-order valence-electron chi connectivity index (χ3n) is 6.23. The van der Waals surface area contributed by atoms with Crippen LogP contribution in [0.1, 0.15) is 31.4 Å². The van der Waals surface area contributed by atoms with Gasteiger partial charge in [-0.05, 0) is 61.8 Å². The summed E-state index contributed by atoms with van der Waals surface area (Å²) in [6.07, 6.45) is -3.59. The Hall–Kier alpha value is -2.67. The van der Waals surface area contributed by atoms with Gasteiger partial charge in [0.15, 0.2) is 0 Å². The predicted octanol–water partition coefficient (Wildman–Crippen LogP) is 6.16. The first kappa shape index (κ1) is 24.0. The number of alkyl halides is 3. The van der Waals surface area contributed by atoms with E-state index in [0.29, 0.717) is 27.8 Å². The minimum Gasteiger partial charge on any atom is -0.496 e. The van der Waals surface area contributed by atoms with Gasteiger partial charge in [-0.1, -0.05) is 32.0 Å². The van der Waals surface area contributed by atoms with Gasteiger partial charge in [-0.15, -0.1) is 0 Å². The molecule has 7 heteroatoms. The molecular weight excluding hydrogens is 420 g/mol. The summed E-state index contributed by atoms with van der Waals surface area (Å²) in [4.78, 5) is 5.51. The van der Waals surface area contributed by atoms with E-state index < -0.39 is 22.9 Å². The number of likely N-dealkylation sites (N-methyl/N-ethyl adjacent to an activating group) is 1. The first-order valence-electron chi connectivity index (χ1n) is 10.3. The van der Waals surface area contributed by atoms with Crippen molar-refractivity contribution in [3.63, 3.8) is 0 Å². The van der Waals surface area contributed by atoms with Crippen molar-refractivity contribution in [3.8, 4) is 5.75 Å². The van der Waals surface area contributed by atoms with E-state index in [0.717, 1.165) is 0 Å². The van der Waals surface area contributed by atoms with Crippen LogP contribution in [-0.4, -0.2) is 42.8 Å². The third kappa shape index (κ3) is 4.44. The zero-order valence-corrected chi connectivity index (χ0v) is 18.9. The number of aromatic nitrogens is 1. The number of benzene rings is 2. The molecular formula is C25H28F4N2O. The number of nitrogens with zero attached hydrogens (tertiary/aromatic N) is 2. The largest absolute Gasteiger partial charge is 0.496 e. The van der Waals surface area contributed by atoms with E-state index in [1.54, 1.807) is 44.2 Å². The van der Waals surface area contributed by atoms with Gasteiger partial charge in [0.25, 0.3) is 0 Å². The summed E-state index contributed by atoms with van der Waals surface area (Å²) in [6.45, 7) is 3.39. The molecule has 1 atom stereocenters. The van der Waals surface area contributed by atoms with Crippen LogP contribution in [0.5, 0.6) is 5.75 Å². The third-order valence-corrected chi connectivity index (χ3v) is 6.23. The average molecular weight is 449 g/mol. The van der Waals surface area contributed by atoms with Crippen molar-refractivity contribution in [2.75, 3.05) is 21.2 Å². The summed E-state index contributed by atoms with van der Waals surface area (Å²) >= 11 is 0. The van der Waals surface area contributed by atoms with E-state index in [1.807, 2.05) is 0 Å². The molecule has 0 aliphatic heterocycles. The highest BCUT2D eigenvalue weighted by molar-refractivity contribution is 5.82. The fourth-order valence-corrected chi connectivity index (χ4v) is 4.49. The van der Waals surface area contributed by atoms with E-state index >= 15 is 0 Å². The van der Waals surface area contributed by atoms with Crippen molar-refractivity contribution in [1.82, 2.24) is 9.88 Å². The number of rotatable bonds is 7. The van der Waals surface area contributed by atoms with E-state index in [4.69, 9.17) is 4.74 Å². The molecule has 0 aliphatic carbocycles. The lowest BCUT2D eigenvalue weighted by atomic mass is 9.70. The first-order chi connectivity index (χ1) is 14.9. The molecule has 2 aromatic carbocycles. The van der Waals surface area contributed by atoms with Gasteiger partial charge in [0.1, 0.15) is 17.1 Å². The molecule has 1 unspecified atom stereocenters. The van der Waals surface area contributed by atoms with Crippen molar-refractivity contribution in [1.29, 1.82) is 0 Å². The van der Waals surface area contributed by atoms with Crippen LogP contribution in [0.4, 0.5) is 17.6 Å². The Balaban J connectivity index is 2.15. The minimum atomic E-state index is -4.56. The van der Waals surface area contributed by atoms with Crippen LogP contribution in [0.15, 0.2) is 54.7 Å². The molecule has 0 spiro atoms. The highest BCUT2D eigenvalue weighted by Gasteiger charge is 2.58. The number of pyridine rings is 1. The molecule has 0 bridgehead atoms. The van der Waals surface area contributed by atoms with Crippen molar-refractivity contribution >= 4 is 10.9 Å². The molecule has 0 fully saturated rings. The molecule has 3 aromatic rings. The molecule has 172 valence electrons. The highest BCUT2D eigenvalue weighted by Crippen LogP contribution is 2.47. The summed E-state index contributed by atoms with van der Waals surface area (Å²) in [5.74, 6) is -0.156. The van der Waals surface area contributed by atoms with E-state index in [2.05, 4.69) is 4.98 Å². The molecule has 0 radical (unpaired) electrons. The van der Waals surface area contributed by atoms with Crippen LogP contribution in [0.3, 0.4) is 0 Å². The minimum absolute atomic E-state index is 0.270. The second-order valence-electron chi connectivity index (χ2n) is 8.99. The van der Waals surface area contributed by atoms with Crippen molar-refractivity contribution in [2.45, 2.75) is 43.8 Å². The second-order valence-corrected chi connectivity index (χ2v) is 8.99. The van der Waals surface area contributed by atoms with Crippen LogP contribution in [0, 0.1) is 5.82 Å². The number of halogens is 4. The maximum Gasteiger partial charge on any atom is 0.407 e. The summed E-state index contributed by atoms with van der Waals surface area (Å²) in [5, 5.41) is 0.687. The van der Waals surface area contributed by atoms with Crippen LogP contribution < -0.4 is 4.74 Å². The Kier molecular flexibility index (Phi) is 6.52. The van der Waals surface area contributed by atoms with Gasteiger partial charge in [-0.3, -0.25) is 9.88 Å². The number of hydrogen-bond acceptors (Lipinski definition) is 3. The lowest BCUT2D eigenvalue weighted by Crippen LogP contribution is -2.60. The van der Waals surface area contributed by atoms with E-state index in [1.165, 1.54) is 50.5 Å². The number of ether oxygens (including phenoxy) is 1. The molecule has 1 heterocycles. The number of para-hydroxylation sites is 1. The molecule has 0 saturated carbocycles. The Morgan fingerprint density at radius 2 is 1.69 bits per heavy atom. The van der Waals surface area contributed by atoms with Crippen LogP contribution in [-0.2, 0) is 11.8 Å². The standard InChI is InChI=1S/C25H28F4N2O/c1-23(2,20-14-18(26)10-11-22(20)32-5)16-24(31(3)4,25(27,28)29)15-17-12-13-30-21-9-7-6-8-19(17)21/h6-14H,15-16H2,1-5H3. The second kappa shape index (κ2) is 8.70. The Bertz CT molecular complexity index is 1090. The van der Waals surface area contributed by atoms with Gasteiger partial charge < -0.3 is 4.74 Å². The fourth-order valence-electron chi connectivity index (χ4n) is 4.49. The van der Waals surface area contributed by atoms with Gasteiger partial charge in [-0.25, -0.2) is 4.39 Å². The van der Waals surface area contributed by atoms with Gasteiger partial charge in [0.2, 0.25) is 0 Å². The van der Waals surface area contributed by atoms with Crippen LogP contribution in [0.25, 0.3) is 10.9 Å². The molecule has 32 heavy (non-hydrogen) atoms. The summed E-state index contributed by atoms with van der Waals surface area (Å²) in [5.41, 5.74) is -1.65. The number of fused-ring (bicyclic) bond motifs is 1. The van der Waals surface area contributed by atoms with Gasteiger partial charge in [-0.2, -0.15) is 13.2 Å². The monoisotopic (exact) mass is 448 g/mol. The lowest BCUT2D eigenvalue weighted by molar-refractivity contribution is -0.231. The smallest absolute Gasteiger partial charge is 0.407 e. The molecule has 3 rings (SSSR count). The topological polar surface area (TPSA) is 25.4 Å². The van der Waals surface area contributed by atoms with Crippen molar-refractivity contribution in [3.05, 3.63) is 71.7 Å². The van der Waals surface area contributed by atoms with Gasteiger partial charge >= 0.3 is 6.18 Å². The molecule has 0 N–H and O–H groups in total. The van der Waals surface area contributed by atoms with Gasteiger partial charge in [0.05, 0.1) is 12.6 Å². The average Bonchev–Trinajstić information content (AvgIpc) is 2.72. The summed E-state index contributed by atoms with van der Waals surface area (Å²) < 4.78 is 64.0. The summed E-state index contributed by atoms with van der Waals surface area (Å²) in [6, 6.07) is 12.8. The van der Waals surface area contributed by atoms with Gasteiger partial charge in [0, 0.05) is 23.6 Å². The molecule has 0 aliphatic rings. The zero-order chi connectivity index (χ0) is 23.7. The van der Waals surface area contributed by atoms with Crippen LogP contribution >= 0.6 is 0 Å². The lowest BCUT2D eigenvalue weighted by Gasteiger charge is -2.46. The molecule has 0 saturated heterocycles.